The van der Waals surface area contributed by atoms with Gasteiger partial charge in [0.1, 0.15) is 17.6 Å². The molecule has 1 aliphatic carbocycles. The van der Waals surface area contributed by atoms with Crippen molar-refractivity contribution in [3.63, 3.8) is 0 Å². The Balaban J connectivity index is 1.41. The van der Waals surface area contributed by atoms with Crippen LogP contribution in [0, 0.1) is 29.1 Å². The summed E-state index contributed by atoms with van der Waals surface area (Å²) in [6.45, 7) is 12.1. The van der Waals surface area contributed by atoms with E-state index in [-0.39, 0.29) is 17.4 Å². The minimum atomic E-state index is -0.194. The lowest BCUT2D eigenvalue weighted by atomic mass is 9.74. The van der Waals surface area contributed by atoms with Crippen LogP contribution in [0.2, 0.25) is 0 Å². The Labute approximate surface area is 217 Å². The summed E-state index contributed by atoms with van der Waals surface area (Å²) in [6, 6.07) is 8.29. The molecule has 2 aliphatic rings. The number of nitrogens with zero attached hydrogens (tertiary/aromatic N) is 5. The Hall–Kier alpha value is -3.86. The molecule has 8 heteroatoms. The number of hydrogen-bond acceptors (Lipinski definition) is 6. The van der Waals surface area contributed by atoms with Crippen molar-refractivity contribution in [1.29, 1.82) is 5.26 Å². The lowest BCUT2D eigenvalue weighted by Crippen LogP contribution is -2.63. The molecule has 0 radical (unpaired) electrons. The van der Waals surface area contributed by atoms with Gasteiger partial charge in [0.15, 0.2) is 0 Å². The summed E-state index contributed by atoms with van der Waals surface area (Å²) in [5.74, 6) is 2.26. The molecule has 2 fully saturated rings. The quantitative estimate of drug-likeness (QED) is 0.456. The largest absolute Gasteiger partial charge is 0.492 e. The highest BCUT2D eigenvalue weighted by Gasteiger charge is 2.53. The lowest BCUT2D eigenvalue weighted by Gasteiger charge is -2.48. The van der Waals surface area contributed by atoms with Crippen LogP contribution in [0.3, 0.4) is 0 Å². The van der Waals surface area contributed by atoms with Gasteiger partial charge in [-0.15, -0.1) is 6.58 Å². The van der Waals surface area contributed by atoms with Crippen LogP contribution in [0.15, 0.2) is 49.4 Å². The zero-order valence-corrected chi connectivity index (χ0v) is 21.8. The normalized spacial score (nSPS) is 23.5. The minimum Gasteiger partial charge on any atom is -0.492 e. The fourth-order valence-electron chi connectivity index (χ4n) is 6.25. The van der Waals surface area contributed by atoms with Crippen LogP contribution < -0.4 is 15.0 Å². The van der Waals surface area contributed by atoms with Crippen LogP contribution in [0.5, 0.6) is 5.75 Å². The van der Waals surface area contributed by atoms with Crippen LogP contribution in [0.25, 0.3) is 16.6 Å². The predicted octanol–water partition coefficient (Wildman–Crippen LogP) is 4.60. The maximum atomic E-state index is 12.8. The summed E-state index contributed by atoms with van der Waals surface area (Å²) >= 11 is 0. The summed E-state index contributed by atoms with van der Waals surface area (Å²) in [7, 11) is 0. The van der Waals surface area contributed by atoms with E-state index in [1.807, 2.05) is 26.1 Å². The molecule has 3 aromatic heterocycles. The number of carbonyl (C=O) groups excluding carboxylic acids is 1. The number of nitrogens with one attached hydrogen (secondary N) is 1. The number of aromatic nitrogens is 3. The molecule has 1 aliphatic heterocycles. The summed E-state index contributed by atoms with van der Waals surface area (Å²) in [4.78, 5) is 20.0. The molecule has 3 unspecified atom stereocenters. The Morgan fingerprint density at radius 3 is 2.68 bits per heavy atom. The molecule has 0 aromatic carbocycles. The van der Waals surface area contributed by atoms with Gasteiger partial charge in [0.25, 0.3) is 0 Å². The van der Waals surface area contributed by atoms with Crippen molar-refractivity contribution >= 4 is 17.2 Å². The summed E-state index contributed by atoms with van der Waals surface area (Å²) in [5, 5.41) is 17.4. The molecule has 0 spiro atoms. The number of amides is 1. The molecule has 1 saturated carbocycles. The zero-order valence-electron chi connectivity index (χ0n) is 21.8. The highest BCUT2D eigenvalue weighted by atomic mass is 16.5. The third kappa shape index (κ3) is 4.22. The van der Waals surface area contributed by atoms with Gasteiger partial charge in [0.2, 0.25) is 5.91 Å². The van der Waals surface area contributed by atoms with Crippen molar-refractivity contribution in [1.82, 2.24) is 19.9 Å². The third-order valence-electron chi connectivity index (χ3n) is 8.31. The van der Waals surface area contributed by atoms with Crippen LogP contribution in [-0.4, -0.2) is 45.7 Å². The Bertz CT molecular complexity index is 1340. The fourth-order valence-corrected chi connectivity index (χ4v) is 6.25. The second kappa shape index (κ2) is 9.89. The standard InChI is InChI=1S/C29H34N6O2/c1-5-19(4)28(36)33-29(6-2)22-9-10-23(29)17-34(16-22)26-11-8-20(14-31-26)25-12-24(37-7-3)18-35-27(25)21(13-30)15-32-35/h5,8,11-12,14-15,18-19,22-23H,1,6-7,9-10,16-17H2,2-4H3,(H,33,36). The van der Waals surface area contributed by atoms with Gasteiger partial charge in [-0.2, -0.15) is 10.4 Å². The number of rotatable bonds is 8. The van der Waals surface area contributed by atoms with Crippen molar-refractivity contribution < 1.29 is 9.53 Å². The number of ether oxygens (including phenoxy) is 1. The second-order valence-electron chi connectivity index (χ2n) is 10.2. The molecule has 8 nitrogen and oxygen atoms in total. The topological polar surface area (TPSA) is 95.5 Å². The first-order chi connectivity index (χ1) is 17.9. The number of fused-ring (bicyclic) bond motifs is 3. The van der Waals surface area contributed by atoms with E-state index < -0.39 is 0 Å². The van der Waals surface area contributed by atoms with Gasteiger partial charge in [-0.25, -0.2) is 9.50 Å². The van der Waals surface area contributed by atoms with E-state index in [1.165, 1.54) is 0 Å². The van der Waals surface area contributed by atoms with E-state index in [1.54, 1.807) is 23.0 Å². The monoisotopic (exact) mass is 498 g/mol. The number of carbonyl (C=O) groups is 1. The highest BCUT2D eigenvalue weighted by molar-refractivity contribution is 5.85. The van der Waals surface area contributed by atoms with E-state index in [4.69, 9.17) is 9.72 Å². The molecule has 4 heterocycles. The van der Waals surface area contributed by atoms with E-state index in [0.717, 1.165) is 54.8 Å². The molecular weight excluding hydrogens is 464 g/mol. The SMILES string of the molecule is C=CC(C)C(=O)NC1(CC)C2CCC1CN(c1ccc(-c3cc(OCC)cn4ncc(C#N)c34)cn1)C2. The van der Waals surface area contributed by atoms with Crippen LogP contribution in [0.4, 0.5) is 5.82 Å². The van der Waals surface area contributed by atoms with Crippen molar-refractivity contribution in [3.05, 3.63) is 55.0 Å². The number of anilines is 1. The van der Waals surface area contributed by atoms with Gasteiger partial charge in [0.05, 0.1) is 36.0 Å². The van der Waals surface area contributed by atoms with Crippen molar-refractivity contribution in [2.24, 2.45) is 17.8 Å². The van der Waals surface area contributed by atoms with Crippen molar-refractivity contribution in [2.75, 3.05) is 24.6 Å². The molecular formula is C29H34N6O2. The van der Waals surface area contributed by atoms with Crippen molar-refractivity contribution in [3.8, 4) is 22.9 Å². The van der Waals surface area contributed by atoms with Crippen LogP contribution in [-0.2, 0) is 4.79 Å². The Kier molecular flexibility index (Phi) is 6.63. The molecule has 3 atom stereocenters. The summed E-state index contributed by atoms with van der Waals surface area (Å²) in [5.41, 5.74) is 2.86. The van der Waals surface area contributed by atoms with Gasteiger partial charge in [0, 0.05) is 36.0 Å². The van der Waals surface area contributed by atoms with Crippen LogP contribution in [0.1, 0.15) is 45.6 Å². The maximum Gasteiger partial charge on any atom is 0.227 e. The van der Waals surface area contributed by atoms with Gasteiger partial charge < -0.3 is 15.0 Å². The van der Waals surface area contributed by atoms with Gasteiger partial charge >= 0.3 is 0 Å². The highest BCUT2D eigenvalue weighted by Crippen LogP contribution is 2.48. The molecule has 1 N–H and O–H groups in total. The number of piperidine rings is 1. The minimum absolute atomic E-state index is 0.0712. The predicted molar refractivity (Wildman–Crippen MR) is 143 cm³/mol. The van der Waals surface area contributed by atoms with E-state index in [0.29, 0.717) is 29.8 Å². The van der Waals surface area contributed by atoms with Crippen LogP contribution >= 0.6 is 0 Å². The number of pyridine rings is 2. The molecule has 1 amide bonds. The second-order valence-corrected chi connectivity index (χ2v) is 10.2. The first kappa shape index (κ1) is 24.8. The van der Waals surface area contributed by atoms with E-state index in [9.17, 15) is 10.1 Å². The van der Waals surface area contributed by atoms with Gasteiger partial charge in [-0.3, -0.25) is 4.79 Å². The molecule has 5 rings (SSSR count). The molecule has 1 saturated heterocycles. The zero-order chi connectivity index (χ0) is 26.2. The van der Waals surface area contributed by atoms with E-state index >= 15 is 0 Å². The maximum absolute atomic E-state index is 12.8. The van der Waals surface area contributed by atoms with Gasteiger partial charge in [-0.05, 0) is 56.2 Å². The molecule has 192 valence electrons. The first-order valence-corrected chi connectivity index (χ1v) is 13.1. The molecule has 2 bridgehead atoms. The van der Waals surface area contributed by atoms with Crippen molar-refractivity contribution in [2.45, 2.75) is 45.6 Å². The van der Waals surface area contributed by atoms with E-state index in [2.05, 4.69) is 47.0 Å². The number of nitriles is 1. The first-order valence-electron chi connectivity index (χ1n) is 13.1. The molecule has 37 heavy (non-hydrogen) atoms. The fraction of sp³-hybridized carbons (Fsp3) is 0.448. The number of hydrogen-bond donors (Lipinski definition) is 1. The average Bonchev–Trinajstić information content (AvgIpc) is 3.40. The lowest BCUT2D eigenvalue weighted by molar-refractivity contribution is -0.126. The smallest absolute Gasteiger partial charge is 0.227 e. The third-order valence-corrected chi connectivity index (χ3v) is 8.31. The Morgan fingerprint density at radius 2 is 2.08 bits per heavy atom. The summed E-state index contributed by atoms with van der Waals surface area (Å²) < 4.78 is 7.44. The average molecular weight is 499 g/mol. The Morgan fingerprint density at radius 1 is 1.32 bits per heavy atom. The van der Waals surface area contributed by atoms with Gasteiger partial charge in [-0.1, -0.05) is 19.9 Å². The molecule has 3 aromatic rings. The summed E-state index contributed by atoms with van der Waals surface area (Å²) in [6.07, 6.45) is 10.1.